The summed E-state index contributed by atoms with van der Waals surface area (Å²) in [6, 6.07) is 14.4. The largest absolute Gasteiger partial charge is 0.325 e. The molecule has 4 rings (SSSR count). The van der Waals surface area contributed by atoms with Gasteiger partial charge in [-0.05, 0) is 67.8 Å². The van der Waals surface area contributed by atoms with E-state index >= 15 is 0 Å². The zero-order valence-electron chi connectivity index (χ0n) is 20.1. The van der Waals surface area contributed by atoms with Crippen molar-refractivity contribution >= 4 is 32.7 Å². The highest BCUT2D eigenvalue weighted by atomic mass is 32.2. The molecule has 5 nitrogen and oxygen atoms in total. The van der Waals surface area contributed by atoms with E-state index in [1.165, 1.54) is 16.2 Å². The number of hydrogen-bond acceptors (Lipinski definition) is 5. The van der Waals surface area contributed by atoms with Crippen LogP contribution in [0.5, 0.6) is 0 Å². The Morgan fingerprint density at radius 3 is 2.53 bits per heavy atom. The van der Waals surface area contributed by atoms with Crippen LogP contribution in [0.25, 0.3) is 11.1 Å². The average molecular weight is 514 g/mol. The molecule has 0 fully saturated rings. The molecule has 0 aliphatic heterocycles. The summed E-state index contributed by atoms with van der Waals surface area (Å²) >= 11 is 3.07. The first-order valence-electron chi connectivity index (χ1n) is 11.3. The number of nitrogens with one attached hydrogen (secondary N) is 1. The molecule has 3 heterocycles. The number of benzene rings is 1. The lowest BCUT2D eigenvalue weighted by Crippen LogP contribution is -2.40. The van der Waals surface area contributed by atoms with Gasteiger partial charge in [0.15, 0.2) is 0 Å². The van der Waals surface area contributed by atoms with Crippen molar-refractivity contribution in [3.63, 3.8) is 0 Å². The molecule has 34 heavy (non-hydrogen) atoms. The minimum Gasteiger partial charge on any atom is -0.325 e. The SMILES string of the molecule is CC(C)Cc1cc(-c2cccc(C(c3cccs3)n3ccnc3)c2)c(S(=O)(=O)NC(C)(C)C)s1. The first-order chi connectivity index (χ1) is 16.0. The van der Waals surface area contributed by atoms with Gasteiger partial charge >= 0.3 is 0 Å². The first kappa shape index (κ1) is 24.9. The Morgan fingerprint density at radius 2 is 1.91 bits per heavy atom. The van der Waals surface area contributed by atoms with Crippen LogP contribution < -0.4 is 4.72 Å². The highest BCUT2D eigenvalue weighted by Crippen LogP contribution is 2.39. The van der Waals surface area contributed by atoms with Crippen LogP contribution in [-0.2, 0) is 16.4 Å². The third kappa shape index (κ3) is 5.68. The summed E-state index contributed by atoms with van der Waals surface area (Å²) in [5, 5.41) is 2.07. The quantitative estimate of drug-likeness (QED) is 0.289. The van der Waals surface area contributed by atoms with Crippen LogP contribution in [0.2, 0.25) is 0 Å². The van der Waals surface area contributed by atoms with Crippen molar-refractivity contribution in [2.24, 2.45) is 5.92 Å². The summed E-state index contributed by atoms with van der Waals surface area (Å²) in [5.41, 5.74) is 2.18. The van der Waals surface area contributed by atoms with Gasteiger partial charge in [-0.25, -0.2) is 18.1 Å². The summed E-state index contributed by atoms with van der Waals surface area (Å²) < 4.78 is 32.2. The van der Waals surface area contributed by atoms with Crippen molar-refractivity contribution in [2.75, 3.05) is 0 Å². The Bertz CT molecular complexity index is 1300. The van der Waals surface area contributed by atoms with Gasteiger partial charge in [-0.15, -0.1) is 22.7 Å². The molecular formula is C26H31N3O2S3. The predicted molar refractivity (Wildman–Crippen MR) is 142 cm³/mol. The van der Waals surface area contributed by atoms with Crippen LogP contribution in [0.15, 0.2) is 70.8 Å². The van der Waals surface area contributed by atoms with Gasteiger partial charge in [-0.1, -0.05) is 38.1 Å². The molecule has 1 unspecified atom stereocenters. The molecule has 0 bridgehead atoms. The summed E-state index contributed by atoms with van der Waals surface area (Å²) in [6.45, 7) is 9.90. The molecule has 1 aromatic carbocycles. The summed E-state index contributed by atoms with van der Waals surface area (Å²) in [4.78, 5) is 6.53. The Kier molecular flexibility index (Phi) is 7.14. The van der Waals surface area contributed by atoms with E-state index in [0.29, 0.717) is 10.1 Å². The number of nitrogens with zero attached hydrogens (tertiary/aromatic N) is 2. The second-order valence-electron chi connectivity index (χ2n) is 9.92. The van der Waals surface area contributed by atoms with Crippen LogP contribution in [0.3, 0.4) is 0 Å². The minimum absolute atomic E-state index is 0.0241. The average Bonchev–Trinajstić information content (AvgIpc) is 3.49. The minimum atomic E-state index is -3.68. The normalized spacial score (nSPS) is 13.5. The molecule has 0 amide bonds. The number of aromatic nitrogens is 2. The predicted octanol–water partition coefficient (Wildman–Crippen LogP) is 6.59. The lowest BCUT2D eigenvalue weighted by Gasteiger charge is -2.21. The van der Waals surface area contributed by atoms with Crippen molar-refractivity contribution < 1.29 is 8.42 Å². The topological polar surface area (TPSA) is 64.0 Å². The molecule has 0 saturated heterocycles. The summed E-state index contributed by atoms with van der Waals surface area (Å²) in [5.74, 6) is 0.438. The second kappa shape index (κ2) is 9.77. The van der Waals surface area contributed by atoms with Crippen molar-refractivity contribution in [2.45, 2.75) is 56.8 Å². The van der Waals surface area contributed by atoms with Gasteiger partial charge in [0.05, 0.1) is 12.4 Å². The van der Waals surface area contributed by atoms with Crippen molar-refractivity contribution in [1.82, 2.24) is 14.3 Å². The molecule has 0 aliphatic rings. The maximum atomic E-state index is 13.4. The fourth-order valence-electron chi connectivity index (χ4n) is 4.01. The fraction of sp³-hybridized carbons (Fsp3) is 0.346. The van der Waals surface area contributed by atoms with Gasteiger partial charge in [0.25, 0.3) is 10.0 Å². The van der Waals surface area contributed by atoms with E-state index in [9.17, 15) is 8.42 Å². The molecule has 1 N–H and O–H groups in total. The molecular weight excluding hydrogens is 483 g/mol. The van der Waals surface area contributed by atoms with E-state index in [1.807, 2.05) is 51.5 Å². The van der Waals surface area contributed by atoms with Gasteiger partial charge in [0.2, 0.25) is 0 Å². The van der Waals surface area contributed by atoms with Crippen molar-refractivity contribution in [3.05, 3.63) is 81.9 Å². The molecule has 0 spiro atoms. The molecule has 4 aromatic rings. The molecule has 0 radical (unpaired) electrons. The van der Waals surface area contributed by atoms with E-state index in [0.717, 1.165) is 28.0 Å². The number of sulfonamides is 1. The zero-order chi connectivity index (χ0) is 24.5. The van der Waals surface area contributed by atoms with Gasteiger partial charge in [0, 0.05) is 33.3 Å². The number of imidazole rings is 1. The van der Waals surface area contributed by atoms with Crippen LogP contribution in [0.1, 0.15) is 56.0 Å². The molecule has 8 heteroatoms. The van der Waals surface area contributed by atoms with Crippen molar-refractivity contribution in [1.29, 1.82) is 0 Å². The molecule has 180 valence electrons. The lowest BCUT2D eigenvalue weighted by molar-refractivity contribution is 0.493. The summed E-state index contributed by atoms with van der Waals surface area (Å²) in [6.07, 6.45) is 6.41. The number of rotatable bonds is 8. The fourth-order valence-corrected chi connectivity index (χ4v) is 8.23. The second-order valence-corrected chi connectivity index (χ2v) is 13.9. The maximum absolute atomic E-state index is 13.4. The Hall–Kier alpha value is -2.26. The van der Waals surface area contributed by atoms with Gasteiger partial charge in [0.1, 0.15) is 4.21 Å². The first-order valence-corrected chi connectivity index (χ1v) is 14.5. The highest BCUT2D eigenvalue weighted by Gasteiger charge is 2.28. The third-order valence-electron chi connectivity index (χ3n) is 5.19. The summed E-state index contributed by atoms with van der Waals surface area (Å²) in [7, 11) is -3.68. The third-order valence-corrected chi connectivity index (χ3v) is 9.57. The van der Waals surface area contributed by atoms with Crippen LogP contribution in [-0.4, -0.2) is 23.5 Å². The zero-order valence-corrected chi connectivity index (χ0v) is 22.6. The van der Waals surface area contributed by atoms with Crippen LogP contribution in [0.4, 0.5) is 0 Å². The molecule has 0 saturated carbocycles. The van der Waals surface area contributed by atoms with E-state index in [1.54, 1.807) is 17.5 Å². The number of thiophene rings is 2. The van der Waals surface area contributed by atoms with Gasteiger partial charge < -0.3 is 4.57 Å². The van der Waals surface area contributed by atoms with Crippen molar-refractivity contribution in [3.8, 4) is 11.1 Å². The lowest BCUT2D eigenvalue weighted by atomic mass is 9.99. The van der Waals surface area contributed by atoms with Crippen LogP contribution >= 0.6 is 22.7 Å². The Labute approximate surface area is 210 Å². The monoisotopic (exact) mass is 513 g/mol. The smallest absolute Gasteiger partial charge is 0.251 e. The molecule has 0 aliphatic carbocycles. The highest BCUT2D eigenvalue weighted by molar-refractivity contribution is 7.91. The van der Waals surface area contributed by atoms with E-state index in [-0.39, 0.29) is 6.04 Å². The van der Waals surface area contributed by atoms with E-state index < -0.39 is 15.6 Å². The number of hydrogen-bond donors (Lipinski definition) is 1. The molecule has 3 aromatic heterocycles. The molecule has 1 atom stereocenters. The van der Waals surface area contributed by atoms with Crippen LogP contribution in [0, 0.1) is 5.92 Å². The Balaban J connectivity index is 1.84. The van der Waals surface area contributed by atoms with E-state index in [4.69, 9.17) is 0 Å². The maximum Gasteiger partial charge on any atom is 0.251 e. The Morgan fingerprint density at radius 1 is 1.12 bits per heavy atom. The van der Waals surface area contributed by atoms with E-state index in [2.05, 4.69) is 57.8 Å². The van der Waals surface area contributed by atoms with Gasteiger partial charge in [-0.3, -0.25) is 0 Å². The standard InChI is InChI=1S/C26H31N3O2S3/c1-18(2)14-21-16-22(25(33-21)34(30,31)28-26(3,4)5)19-8-6-9-20(15-19)24(23-10-7-13-32-23)29-12-11-27-17-29/h6-13,15-18,24,28H,14H2,1-5H3. The van der Waals surface area contributed by atoms with Gasteiger partial charge in [-0.2, -0.15) is 0 Å².